The van der Waals surface area contributed by atoms with Crippen molar-refractivity contribution in [2.75, 3.05) is 6.61 Å². The highest BCUT2D eigenvalue weighted by Gasteiger charge is 2.35. The first-order chi connectivity index (χ1) is 17.1. The normalized spacial score (nSPS) is 15.5. The van der Waals surface area contributed by atoms with Gasteiger partial charge in [-0.15, -0.1) is 0 Å². The molecule has 174 valence electrons. The van der Waals surface area contributed by atoms with Crippen molar-refractivity contribution in [2.45, 2.75) is 13.0 Å². The van der Waals surface area contributed by atoms with Crippen molar-refractivity contribution in [1.29, 1.82) is 0 Å². The summed E-state index contributed by atoms with van der Waals surface area (Å²) in [5.74, 6) is -0.992. The molecule has 1 aliphatic heterocycles. The van der Waals surface area contributed by atoms with Gasteiger partial charge < -0.3 is 4.74 Å². The molecule has 0 aliphatic carbocycles. The second-order valence-electron chi connectivity index (χ2n) is 7.77. The fourth-order valence-electron chi connectivity index (χ4n) is 4.01. The number of thiazole rings is 1. The van der Waals surface area contributed by atoms with Gasteiger partial charge >= 0.3 is 5.97 Å². The van der Waals surface area contributed by atoms with Crippen molar-refractivity contribution in [1.82, 2.24) is 9.55 Å². The van der Waals surface area contributed by atoms with E-state index in [1.54, 1.807) is 43.6 Å². The number of pyridine rings is 1. The van der Waals surface area contributed by atoms with E-state index in [-0.39, 0.29) is 17.7 Å². The Morgan fingerprint density at radius 2 is 1.89 bits per heavy atom. The van der Waals surface area contributed by atoms with E-state index in [0.717, 1.165) is 5.56 Å². The van der Waals surface area contributed by atoms with Gasteiger partial charge in [-0.3, -0.25) is 14.3 Å². The summed E-state index contributed by atoms with van der Waals surface area (Å²) in [5, 5.41) is 0. The maximum absolute atomic E-state index is 13.8. The van der Waals surface area contributed by atoms with Gasteiger partial charge in [0.25, 0.3) is 5.56 Å². The van der Waals surface area contributed by atoms with Gasteiger partial charge in [-0.05, 0) is 42.3 Å². The first-order valence-corrected chi connectivity index (χ1v) is 11.8. The zero-order valence-corrected chi connectivity index (χ0v) is 19.5. The lowest BCUT2D eigenvalue weighted by Gasteiger charge is -2.25. The number of nitrogens with zero attached hydrogens (tertiary/aromatic N) is 3. The number of hydrogen-bond acceptors (Lipinski definition) is 6. The molecule has 4 aromatic rings. The molecule has 2 aromatic heterocycles. The third-order valence-corrected chi connectivity index (χ3v) is 6.52. The van der Waals surface area contributed by atoms with Crippen LogP contribution in [-0.4, -0.2) is 22.1 Å². The lowest BCUT2D eigenvalue weighted by Crippen LogP contribution is -2.40. The monoisotopic (exact) mass is 485 g/mol. The number of carbonyl (C=O) groups excluding carboxylic acids is 1. The highest BCUT2D eigenvalue weighted by atomic mass is 32.1. The van der Waals surface area contributed by atoms with E-state index < -0.39 is 17.8 Å². The first kappa shape index (κ1) is 22.6. The van der Waals surface area contributed by atoms with Crippen molar-refractivity contribution < 1.29 is 13.9 Å². The maximum atomic E-state index is 13.8. The van der Waals surface area contributed by atoms with E-state index >= 15 is 0 Å². The predicted molar refractivity (Wildman–Crippen MR) is 132 cm³/mol. The van der Waals surface area contributed by atoms with Gasteiger partial charge in [0.05, 0.1) is 28.5 Å². The summed E-state index contributed by atoms with van der Waals surface area (Å²) in [4.78, 5) is 36.3. The molecule has 0 amide bonds. The molecule has 0 radical (unpaired) electrons. The lowest BCUT2D eigenvalue weighted by molar-refractivity contribution is -0.138. The smallest absolute Gasteiger partial charge is 0.338 e. The molecule has 35 heavy (non-hydrogen) atoms. The Kier molecular flexibility index (Phi) is 6.20. The van der Waals surface area contributed by atoms with Gasteiger partial charge in [0.1, 0.15) is 5.82 Å². The number of benzene rings is 2. The molecule has 2 aromatic carbocycles. The molecule has 0 saturated heterocycles. The number of rotatable bonds is 5. The van der Waals surface area contributed by atoms with E-state index in [9.17, 15) is 14.0 Å². The topological polar surface area (TPSA) is 73.6 Å². The zero-order chi connectivity index (χ0) is 24.4. The van der Waals surface area contributed by atoms with Crippen molar-refractivity contribution in [3.8, 4) is 0 Å². The molecule has 0 saturated carbocycles. The Morgan fingerprint density at radius 1 is 1.11 bits per heavy atom. The molecule has 6 nitrogen and oxygen atoms in total. The molecular formula is C27H20FN3O3S. The predicted octanol–water partition coefficient (Wildman–Crippen LogP) is 3.47. The number of esters is 1. The van der Waals surface area contributed by atoms with Crippen LogP contribution in [0.1, 0.15) is 29.7 Å². The summed E-state index contributed by atoms with van der Waals surface area (Å²) in [6.45, 7) is 1.88. The van der Waals surface area contributed by atoms with Crippen LogP contribution in [0.15, 0.2) is 94.5 Å². The summed E-state index contributed by atoms with van der Waals surface area (Å²) >= 11 is 1.22. The summed E-state index contributed by atoms with van der Waals surface area (Å²) in [5.41, 5.74) is 2.40. The molecule has 5 rings (SSSR count). The largest absolute Gasteiger partial charge is 0.463 e. The zero-order valence-electron chi connectivity index (χ0n) is 18.7. The fourth-order valence-corrected chi connectivity index (χ4v) is 5.01. The molecule has 3 heterocycles. The van der Waals surface area contributed by atoms with Gasteiger partial charge in [-0.2, -0.15) is 0 Å². The van der Waals surface area contributed by atoms with E-state index in [1.165, 1.54) is 28.0 Å². The van der Waals surface area contributed by atoms with Gasteiger partial charge in [0.15, 0.2) is 4.80 Å². The van der Waals surface area contributed by atoms with Crippen LogP contribution in [0.5, 0.6) is 0 Å². The van der Waals surface area contributed by atoms with Crippen molar-refractivity contribution >= 4 is 29.1 Å². The van der Waals surface area contributed by atoms with Crippen molar-refractivity contribution in [3.63, 3.8) is 0 Å². The van der Waals surface area contributed by atoms with Gasteiger partial charge in [0.2, 0.25) is 0 Å². The minimum absolute atomic E-state index is 0.159. The Morgan fingerprint density at radius 3 is 2.57 bits per heavy atom. The SMILES string of the molecule is CCOC(=O)C1=C(c2ccccc2)N=c2s/c(=C\c3cccnc3)c(=O)n2[C@H]1c1ccc(F)cc1. The third-order valence-electron chi connectivity index (χ3n) is 5.54. The molecule has 0 bridgehead atoms. The van der Waals surface area contributed by atoms with Crippen LogP contribution in [0.25, 0.3) is 11.8 Å². The molecule has 0 N–H and O–H groups in total. The number of fused-ring (bicyclic) bond motifs is 1. The third kappa shape index (κ3) is 4.36. The van der Waals surface area contributed by atoms with E-state index in [1.807, 2.05) is 36.4 Å². The molecule has 0 spiro atoms. The standard InChI is InChI=1S/C27H20FN3O3S/c1-2-34-26(33)22-23(18-8-4-3-5-9-18)30-27-31(24(22)19-10-12-20(28)13-11-19)25(32)21(35-27)15-17-7-6-14-29-16-17/h3-16,24H,2H2,1H3/b21-15-/t24-/m0/s1. The molecule has 1 aliphatic rings. The minimum atomic E-state index is -0.836. The van der Waals surface area contributed by atoms with Crippen LogP contribution >= 0.6 is 11.3 Å². The summed E-state index contributed by atoms with van der Waals surface area (Å²) in [7, 11) is 0. The number of ether oxygens (including phenoxy) is 1. The van der Waals surface area contributed by atoms with Gasteiger partial charge in [-0.25, -0.2) is 14.2 Å². The average Bonchev–Trinajstić information content (AvgIpc) is 3.19. The molecule has 0 unspecified atom stereocenters. The second-order valence-corrected chi connectivity index (χ2v) is 8.78. The van der Waals surface area contributed by atoms with E-state index in [0.29, 0.717) is 26.2 Å². The van der Waals surface area contributed by atoms with Crippen LogP contribution in [-0.2, 0) is 9.53 Å². The highest BCUT2D eigenvalue weighted by molar-refractivity contribution is 7.07. The minimum Gasteiger partial charge on any atom is -0.463 e. The van der Waals surface area contributed by atoms with Gasteiger partial charge in [-0.1, -0.05) is 59.9 Å². The number of carbonyl (C=O) groups is 1. The summed E-state index contributed by atoms with van der Waals surface area (Å²) < 4.78 is 21.1. The summed E-state index contributed by atoms with van der Waals surface area (Å²) in [6, 6.07) is 17.9. The average molecular weight is 486 g/mol. The van der Waals surface area contributed by atoms with Crippen molar-refractivity contribution in [2.24, 2.45) is 4.99 Å². The Hall–Kier alpha value is -4.17. The van der Waals surface area contributed by atoms with Crippen LogP contribution in [0.3, 0.4) is 0 Å². The van der Waals surface area contributed by atoms with Gasteiger partial charge in [0, 0.05) is 18.0 Å². The maximum Gasteiger partial charge on any atom is 0.338 e. The number of hydrogen-bond donors (Lipinski definition) is 0. The fraction of sp³-hybridized carbons (Fsp3) is 0.111. The van der Waals surface area contributed by atoms with Crippen LogP contribution in [0.4, 0.5) is 4.39 Å². The summed E-state index contributed by atoms with van der Waals surface area (Å²) in [6.07, 6.45) is 5.06. The Balaban J connectivity index is 1.84. The van der Waals surface area contributed by atoms with E-state index in [4.69, 9.17) is 9.73 Å². The quantitative estimate of drug-likeness (QED) is 0.406. The number of aromatic nitrogens is 2. The second kappa shape index (κ2) is 9.60. The molecular weight excluding hydrogens is 465 g/mol. The van der Waals surface area contributed by atoms with E-state index in [2.05, 4.69) is 4.98 Å². The first-order valence-electron chi connectivity index (χ1n) is 11.0. The molecule has 1 atom stereocenters. The highest BCUT2D eigenvalue weighted by Crippen LogP contribution is 2.35. The van der Waals surface area contributed by atoms with Crippen LogP contribution in [0.2, 0.25) is 0 Å². The molecule has 0 fully saturated rings. The number of halogens is 1. The van der Waals surface area contributed by atoms with Crippen molar-refractivity contribution in [3.05, 3.63) is 127 Å². The Bertz CT molecular complexity index is 1590. The Labute approximate surface area is 204 Å². The molecule has 8 heteroatoms. The lowest BCUT2D eigenvalue weighted by atomic mass is 9.93. The van der Waals surface area contributed by atoms with Crippen LogP contribution in [0, 0.1) is 5.82 Å². The van der Waals surface area contributed by atoms with Crippen LogP contribution < -0.4 is 14.9 Å².